The molecular weight excluding hydrogens is 392 g/mol. The van der Waals surface area contributed by atoms with Gasteiger partial charge in [0, 0.05) is 17.0 Å². The molecule has 4 heteroatoms. The third-order valence-corrected chi connectivity index (χ3v) is 6.12. The molecule has 0 saturated heterocycles. The Labute approximate surface area is 187 Å². The summed E-state index contributed by atoms with van der Waals surface area (Å²) < 4.78 is 0. The van der Waals surface area contributed by atoms with Gasteiger partial charge < -0.3 is 4.98 Å². The lowest BCUT2D eigenvalue weighted by atomic mass is 9.99. The fourth-order valence-electron chi connectivity index (χ4n) is 4.32. The average molecular weight is 419 g/mol. The lowest BCUT2D eigenvalue weighted by molar-refractivity contribution is 1.12. The molecule has 5 rings (SSSR count). The van der Waals surface area contributed by atoms with Gasteiger partial charge in [0.25, 0.3) is 0 Å². The number of fused-ring (bicyclic) bond motifs is 2. The molecule has 158 valence electrons. The van der Waals surface area contributed by atoms with Crippen LogP contribution < -0.4 is 0 Å². The summed E-state index contributed by atoms with van der Waals surface area (Å²) in [7, 11) is 0. The predicted molar refractivity (Wildman–Crippen MR) is 135 cm³/mol. The minimum atomic E-state index is 0.883. The van der Waals surface area contributed by atoms with E-state index in [2.05, 4.69) is 101 Å². The fourth-order valence-corrected chi connectivity index (χ4v) is 4.32. The van der Waals surface area contributed by atoms with E-state index in [1.165, 1.54) is 22.3 Å². The van der Waals surface area contributed by atoms with Gasteiger partial charge in [-0.05, 0) is 71.9 Å². The molecule has 0 saturated carbocycles. The number of aromatic nitrogens is 4. The number of H-pyrrole nitrogens is 2. The first kappa shape index (κ1) is 20.0. The van der Waals surface area contributed by atoms with Crippen LogP contribution in [0, 0.1) is 0 Å². The number of nitrogens with one attached hydrogen (secondary N) is 2. The summed E-state index contributed by atoms with van der Waals surface area (Å²) in [5.74, 6) is 0. The molecule has 0 aliphatic heterocycles. The number of rotatable bonds is 6. The van der Waals surface area contributed by atoms with Crippen molar-refractivity contribution in [1.29, 1.82) is 0 Å². The Hall–Kier alpha value is -3.92. The van der Waals surface area contributed by atoms with Crippen molar-refractivity contribution < 1.29 is 0 Å². The van der Waals surface area contributed by atoms with Gasteiger partial charge in [-0.15, -0.1) is 0 Å². The standard InChI is InChI=1S/C28H26N4/c1-4-18(5-2)15-19(6-3)21-11-12-25-24(16-21)27(32-31-25)26-17-23-22(20-9-7-8-10-20)13-14-29-28(23)30-26/h4,6-9,11-17H,1,5,10H2,2-3H3,(H,29,30)(H,31,32)/b18-15+,19-6+. The highest BCUT2D eigenvalue weighted by atomic mass is 15.1. The maximum Gasteiger partial charge on any atom is 0.138 e. The summed E-state index contributed by atoms with van der Waals surface area (Å²) in [6.45, 7) is 8.15. The number of allylic oxidation sites excluding steroid dienone is 9. The van der Waals surface area contributed by atoms with Crippen LogP contribution in [0.25, 0.3) is 44.5 Å². The Morgan fingerprint density at radius 2 is 2.09 bits per heavy atom. The lowest BCUT2D eigenvalue weighted by Crippen LogP contribution is -1.85. The highest BCUT2D eigenvalue weighted by Gasteiger charge is 2.16. The molecule has 1 aromatic carbocycles. The highest BCUT2D eigenvalue weighted by Crippen LogP contribution is 2.34. The average Bonchev–Trinajstić information content (AvgIpc) is 3.58. The molecule has 0 amide bonds. The van der Waals surface area contributed by atoms with Crippen molar-refractivity contribution in [2.45, 2.75) is 26.7 Å². The zero-order chi connectivity index (χ0) is 22.1. The van der Waals surface area contributed by atoms with E-state index in [9.17, 15) is 0 Å². The van der Waals surface area contributed by atoms with Crippen LogP contribution in [0.1, 0.15) is 37.8 Å². The lowest BCUT2D eigenvalue weighted by Gasteiger charge is -2.05. The number of benzene rings is 1. The third-order valence-electron chi connectivity index (χ3n) is 6.12. The minimum absolute atomic E-state index is 0.883. The Balaban J connectivity index is 1.62. The molecule has 0 fully saturated rings. The van der Waals surface area contributed by atoms with Crippen molar-refractivity contribution in [2.75, 3.05) is 0 Å². The molecule has 0 radical (unpaired) electrons. The quantitative estimate of drug-likeness (QED) is 0.321. The maximum atomic E-state index is 4.65. The summed E-state index contributed by atoms with van der Waals surface area (Å²) in [5.41, 5.74) is 9.86. The van der Waals surface area contributed by atoms with Gasteiger partial charge in [-0.25, -0.2) is 4.98 Å². The zero-order valence-corrected chi connectivity index (χ0v) is 18.4. The van der Waals surface area contributed by atoms with Crippen molar-refractivity contribution in [1.82, 2.24) is 20.2 Å². The first-order valence-corrected chi connectivity index (χ1v) is 11.0. The predicted octanol–water partition coefficient (Wildman–Crippen LogP) is 7.38. The minimum Gasteiger partial charge on any atom is -0.338 e. The van der Waals surface area contributed by atoms with Gasteiger partial charge in [0.05, 0.1) is 11.2 Å². The molecule has 0 bridgehead atoms. The summed E-state index contributed by atoms with van der Waals surface area (Å²) in [6, 6.07) is 10.7. The molecule has 0 spiro atoms. The first-order valence-electron chi connectivity index (χ1n) is 11.0. The molecule has 4 aromatic rings. The van der Waals surface area contributed by atoms with Crippen LogP contribution in [0.2, 0.25) is 0 Å². The molecule has 1 aliphatic rings. The van der Waals surface area contributed by atoms with Crippen LogP contribution in [0.5, 0.6) is 0 Å². The van der Waals surface area contributed by atoms with Crippen LogP contribution in [0.3, 0.4) is 0 Å². The van der Waals surface area contributed by atoms with Crippen molar-refractivity contribution in [3.8, 4) is 11.4 Å². The normalized spacial score (nSPS) is 14.5. The van der Waals surface area contributed by atoms with Crippen LogP contribution >= 0.6 is 0 Å². The molecule has 3 aromatic heterocycles. The van der Waals surface area contributed by atoms with Gasteiger partial charge in [-0.1, -0.05) is 56.0 Å². The molecule has 0 atom stereocenters. The number of pyridine rings is 1. The van der Waals surface area contributed by atoms with Crippen LogP contribution in [-0.4, -0.2) is 20.2 Å². The summed E-state index contributed by atoms with van der Waals surface area (Å²) in [5, 5.41) is 10.0. The molecule has 3 heterocycles. The van der Waals surface area contributed by atoms with Crippen molar-refractivity contribution in [3.63, 3.8) is 0 Å². The largest absolute Gasteiger partial charge is 0.338 e. The number of hydrogen-bond donors (Lipinski definition) is 2. The maximum absolute atomic E-state index is 4.65. The second-order valence-corrected chi connectivity index (χ2v) is 7.98. The molecular formula is C28H26N4. The van der Waals surface area contributed by atoms with Gasteiger partial charge >= 0.3 is 0 Å². The van der Waals surface area contributed by atoms with E-state index in [1.54, 1.807) is 0 Å². The topological polar surface area (TPSA) is 57.4 Å². The second kappa shape index (κ2) is 8.31. The molecule has 32 heavy (non-hydrogen) atoms. The Morgan fingerprint density at radius 1 is 1.19 bits per heavy atom. The molecule has 4 nitrogen and oxygen atoms in total. The second-order valence-electron chi connectivity index (χ2n) is 7.98. The molecule has 2 N–H and O–H groups in total. The van der Waals surface area contributed by atoms with Crippen LogP contribution in [0.4, 0.5) is 0 Å². The number of aromatic amines is 2. The van der Waals surface area contributed by atoms with Gasteiger partial charge in [0.1, 0.15) is 11.3 Å². The van der Waals surface area contributed by atoms with E-state index >= 15 is 0 Å². The third kappa shape index (κ3) is 3.44. The van der Waals surface area contributed by atoms with Crippen molar-refractivity contribution in [2.24, 2.45) is 0 Å². The molecule has 1 aliphatic carbocycles. The van der Waals surface area contributed by atoms with E-state index in [-0.39, 0.29) is 0 Å². The number of nitrogens with zero attached hydrogens (tertiary/aromatic N) is 2. The van der Waals surface area contributed by atoms with Crippen molar-refractivity contribution >= 4 is 33.1 Å². The van der Waals surface area contributed by atoms with Gasteiger partial charge in [-0.3, -0.25) is 5.10 Å². The van der Waals surface area contributed by atoms with Crippen molar-refractivity contribution in [3.05, 3.63) is 96.3 Å². The van der Waals surface area contributed by atoms with E-state index in [1.807, 2.05) is 12.3 Å². The Kier molecular flexibility index (Phi) is 5.20. The van der Waals surface area contributed by atoms with Crippen LogP contribution in [-0.2, 0) is 0 Å². The summed E-state index contributed by atoms with van der Waals surface area (Å²) in [4.78, 5) is 8.05. The van der Waals surface area contributed by atoms with Crippen LogP contribution in [0.15, 0.2) is 85.1 Å². The Bertz CT molecular complexity index is 1450. The van der Waals surface area contributed by atoms with Gasteiger partial charge in [0.15, 0.2) is 0 Å². The molecule has 0 unspecified atom stereocenters. The SMILES string of the molecule is C=C/C(=C\C(=C/C)c1ccc2[nH]nc(-c3cc4c(C5=CC=CC5)ccnc4[nH]3)c2c1)CC. The monoisotopic (exact) mass is 418 g/mol. The Morgan fingerprint density at radius 3 is 2.84 bits per heavy atom. The van der Waals surface area contributed by atoms with Gasteiger partial charge in [-0.2, -0.15) is 5.10 Å². The number of hydrogen-bond acceptors (Lipinski definition) is 2. The van der Waals surface area contributed by atoms with E-state index in [0.717, 1.165) is 51.7 Å². The smallest absolute Gasteiger partial charge is 0.138 e. The highest BCUT2D eigenvalue weighted by molar-refractivity contribution is 5.99. The fraction of sp³-hybridized carbons (Fsp3) is 0.143. The zero-order valence-electron chi connectivity index (χ0n) is 18.4. The summed E-state index contributed by atoms with van der Waals surface area (Å²) >= 11 is 0. The van der Waals surface area contributed by atoms with E-state index in [4.69, 9.17) is 0 Å². The van der Waals surface area contributed by atoms with E-state index in [0.29, 0.717) is 0 Å². The van der Waals surface area contributed by atoms with E-state index < -0.39 is 0 Å². The first-order chi connectivity index (χ1) is 15.7. The van der Waals surface area contributed by atoms with Gasteiger partial charge in [0.2, 0.25) is 0 Å². The summed E-state index contributed by atoms with van der Waals surface area (Å²) in [6.07, 6.45) is 16.5.